The molecular weight excluding hydrogens is 374 g/mol. The second-order valence-electron chi connectivity index (χ2n) is 10.6. The number of hydrogen-bond acceptors (Lipinski definition) is 3. The molecule has 30 heavy (non-hydrogen) atoms. The van der Waals surface area contributed by atoms with E-state index in [1.165, 1.54) is 49.8 Å². The van der Waals surface area contributed by atoms with Crippen LogP contribution in [-0.2, 0) is 9.59 Å². The number of amides is 2. The molecule has 1 N–H and O–H groups in total. The van der Waals surface area contributed by atoms with Gasteiger partial charge in [-0.1, -0.05) is 12.1 Å². The Balaban J connectivity index is 1.17. The Morgan fingerprint density at radius 2 is 1.60 bits per heavy atom. The number of benzene rings is 1. The van der Waals surface area contributed by atoms with Crippen LogP contribution in [0.15, 0.2) is 24.3 Å². The van der Waals surface area contributed by atoms with Gasteiger partial charge in [-0.15, -0.1) is 0 Å². The van der Waals surface area contributed by atoms with E-state index in [0.29, 0.717) is 13.1 Å². The smallest absolute Gasteiger partial charge is 0.312 e. The Bertz CT molecular complexity index is 792. The van der Waals surface area contributed by atoms with Gasteiger partial charge in [0.05, 0.1) is 0 Å². The molecule has 5 fully saturated rings. The third kappa shape index (κ3) is 3.61. The molecule has 4 saturated carbocycles. The standard InChI is InChI=1S/C25H35N3O2/c1-17-4-3-5-22(10-17)27-6-8-28(9-7-27)24(30)23(29)26-18(2)25-14-19-11-20(15-25)13-21(12-19)16-25/h3-5,10,18-21H,6-9,11-16H2,1-2H3,(H,26,29). The van der Waals surface area contributed by atoms with Crippen molar-refractivity contribution in [3.05, 3.63) is 29.8 Å². The van der Waals surface area contributed by atoms with E-state index in [2.05, 4.69) is 48.3 Å². The zero-order valence-electron chi connectivity index (χ0n) is 18.4. The van der Waals surface area contributed by atoms with Crippen LogP contribution in [0.4, 0.5) is 5.69 Å². The van der Waals surface area contributed by atoms with Crippen LogP contribution in [0.25, 0.3) is 0 Å². The Kier molecular flexibility index (Phi) is 5.03. The van der Waals surface area contributed by atoms with Crippen LogP contribution in [0.1, 0.15) is 51.0 Å². The highest BCUT2D eigenvalue weighted by molar-refractivity contribution is 6.35. The molecule has 4 aliphatic carbocycles. The first-order chi connectivity index (χ1) is 14.4. The molecule has 4 bridgehead atoms. The molecule has 5 heteroatoms. The van der Waals surface area contributed by atoms with E-state index >= 15 is 0 Å². The number of carbonyl (C=O) groups excluding carboxylic acids is 2. The van der Waals surface area contributed by atoms with Crippen LogP contribution >= 0.6 is 0 Å². The van der Waals surface area contributed by atoms with E-state index in [0.717, 1.165) is 30.8 Å². The van der Waals surface area contributed by atoms with Gasteiger partial charge in [-0.25, -0.2) is 0 Å². The number of nitrogens with zero attached hydrogens (tertiary/aromatic N) is 2. The van der Waals surface area contributed by atoms with Crippen molar-refractivity contribution in [1.29, 1.82) is 0 Å². The summed E-state index contributed by atoms with van der Waals surface area (Å²) in [5.41, 5.74) is 2.67. The molecule has 1 aliphatic heterocycles. The molecule has 0 spiro atoms. The first-order valence-corrected chi connectivity index (χ1v) is 11.8. The summed E-state index contributed by atoms with van der Waals surface area (Å²) in [6.07, 6.45) is 7.90. The van der Waals surface area contributed by atoms with Crippen molar-refractivity contribution in [3.63, 3.8) is 0 Å². The molecule has 0 radical (unpaired) electrons. The summed E-state index contributed by atoms with van der Waals surface area (Å²) in [4.78, 5) is 29.7. The third-order valence-electron chi connectivity index (χ3n) is 8.48. The molecule has 1 heterocycles. The summed E-state index contributed by atoms with van der Waals surface area (Å²) < 4.78 is 0. The number of aryl methyl sites for hydroxylation is 1. The van der Waals surface area contributed by atoms with Crippen molar-refractivity contribution in [2.45, 2.75) is 58.4 Å². The monoisotopic (exact) mass is 409 g/mol. The maximum Gasteiger partial charge on any atom is 0.312 e. The highest BCUT2D eigenvalue weighted by Crippen LogP contribution is 2.61. The summed E-state index contributed by atoms with van der Waals surface area (Å²) in [6.45, 7) is 6.99. The molecule has 1 saturated heterocycles. The topological polar surface area (TPSA) is 52.7 Å². The largest absolute Gasteiger partial charge is 0.368 e. The maximum absolute atomic E-state index is 12.9. The Morgan fingerprint density at radius 1 is 1.00 bits per heavy atom. The van der Waals surface area contributed by atoms with Gasteiger partial charge < -0.3 is 15.1 Å². The number of carbonyl (C=O) groups is 2. The fourth-order valence-electron chi connectivity index (χ4n) is 7.26. The lowest BCUT2D eigenvalue weighted by molar-refractivity contribution is -0.148. The third-order valence-corrected chi connectivity index (χ3v) is 8.48. The zero-order valence-corrected chi connectivity index (χ0v) is 18.4. The van der Waals surface area contributed by atoms with Crippen molar-refractivity contribution in [1.82, 2.24) is 10.2 Å². The van der Waals surface area contributed by atoms with Gasteiger partial charge in [-0.05, 0) is 93.2 Å². The summed E-state index contributed by atoms with van der Waals surface area (Å²) in [5, 5.41) is 3.14. The average molecular weight is 410 g/mol. The predicted molar refractivity (Wildman–Crippen MR) is 118 cm³/mol. The molecule has 1 aromatic rings. The molecule has 6 rings (SSSR count). The lowest BCUT2D eigenvalue weighted by Gasteiger charge is -2.59. The van der Waals surface area contributed by atoms with Crippen molar-refractivity contribution < 1.29 is 9.59 Å². The van der Waals surface area contributed by atoms with Crippen LogP contribution in [0.5, 0.6) is 0 Å². The Hall–Kier alpha value is -2.04. The van der Waals surface area contributed by atoms with Gasteiger partial charge in [0.15, 0.2) is 0 Å². The van der Waals surface area contributed by atoms with Crippen LogP contribution in [0.2, 0.25) is 0 Å². The van der Waals surface area contributed by atoms with Gasteiger partial charge in [0.1, 0.15) is 0 Å². The van der Waals surface area contributed by atoms with Gasteiger partial charge in [-0.2, -0.15) is 0 Å². The minimum atomic E-state index is -0.401. The summed E-state index contributed by atoms with van der Waals surface area (Å²) in [6, 6.07) is 8.55. The molecule has 0 aromatic heterocycles. The fraction of sp³-hybridized carbons (Fsp3) is 0.680. The minimum Gasteiger partial charge on any atom is -0.368 e. The van der Waals surface area contributed by atoms with E-state index in [9.17, 15) is 9.59 Å². The van der Waals surface area contributed by atoms with Gasteiger partial charge in [0.25, 0.3) is 0 Å². The first-order valence-electron chi connectivity index (χ1n) is 11.8. The molecule has 5 nitrogen and oxygen atoms in total. The lowest BCUT2D eigenvalue weighted by Crippen LogP contribution is -2.58. The zero-order chi connectivity index (χ0) is 20.9. The molecule has 2 amide bonds. The Morgan fingerprint density at radius 3 is 2.17 bits per heavy atom. The molecule has 162 valence electrons. The minimum absolute atomic E-state index is 0.0935. The summed E-state index contributed by atoms with van der Waals surface area (Å²) in [7, 11) is 0. The van der Waals surface area contributed by atoms with Crippen LogP contribution < -0.4 is 10.2 Å². The second-order valence-corrected chi connectivity index (χ2v) is 10.6. The van der Waals surface area contributed by atoms with E-state index in [-0.39, 0.29) is 17.4 Å². The molecule has 1 aromatic carbocycles. The van der Waals surface area contributed by atoms with E-state index in [1.54, 1.807) is 4.90 Å². The predicted octanol–water partition coefficient (Wildman–Crippen LogP) is 3.36. The van der Waals surface area contributed by atoms with Gasteiger partial charge in [0, 0.05) is 37.9 Å². The maximum atomic E-state index is 12.9. The fourth-order valence-corrected chi connectivity index (χ4v) is 7.26. The molecule has 1 unspecified atom stereocenters. The first kappa shape index (κ1) is 19.9. The molecule has 1 atom stereocenters. The van der Waals surface area contributed by atoms with Gasteiger partial charge in [-0.3, -0.25) is 9.59 Å². The van der Waals surface area contributed by atoms with E-state index in [1.807, 2.05) is 0 Å². The lowest BCUT2D eigenvalue weighted by atomic mass is 9.48. The highest BCUT2D eigenvalue weighted by atomic mass is 16.2. The number of anilines is 1. The summed E-state index contributed by atoms with van der Waals surface area (Å²) in [5.74, 6) is 1.79. The molecule has 5 aliphatic rings. The summed E-state index contributed by atoms with van der Waals surface area (Å²) >= 11 is 0. The van der Waals surface area contributed by atoms with E-state index in [4.69, 9.17) is 0 Å². The van der Waals surface area contributed by atoms with Crippen LogP contribution in [0.3, 0.4) is 0 Å². The number of piperazine rings is 1. The van der Waals surface area contributed by atoms with Crippen molar-refractivity contribution in [2.75, 3.05) is 31.1 Å². The van der Waals surface area contributed by atoms with E-state index < -0.39 is 5.91 Å². The van der Waals surface area contributed by atoms with Crippen molar-refractivity contribution in [3.8, 4) is 0 Å². The van der Waals surface area contributed by atoms with Crippen molar-refractivity contribution >= 4 is 17.5 Å². The second kappa shape index (κ2) is 7.58. The van der Waals surface area contributed by atoms with Gasteiger partial charge in [0.2, 0.25) is 0 Å². The van der Waals surface area contributed by atoms with Crippen molar-refractivity contribution in [2.24, 2.45) is 23.2 Å². The van der Waals surface area contributed by atoms with Gasteiger partial charge >= 0.3 is 11.8 Å². The number of rotatable bonds is 3. The SMILES string of the molecule is Cc1cccc(N2CCN(C(=O)C(=O)NC(C)C34CC5CC(CC(C5)C3)C4)CC2)c1. The normalized spacial score (nSPS) is 33.5. The quantitative estimate of drug-likeness (QED) is 0.779. The Labute approximate surface area is 180 Å². The van der Waals surface area contributed by atoms with Crippen LogP contribution in [0, 0.1) is 30.1 Å². The molecular formula is C25H35N3O2. The number of nitrogens with one attached hydrogen (secondary N) is 1. The van der Waals surface area contributed by atoms with Crippen LogP contribution in [-0.4, -0.2) is 48.9 Å². The number of hydrogen-bond donors (Lipinski definition) is 1. The highest BCUT2D eigenvalue weighted by Gasteiger charge is 2.53. The average Bonchev–Trinajstić information content (AvgIpc) is 2.72.